The molecular weight excluding hydrogens is 864 g/mol. The lowest BCUT2D eigenvalue weighted by molar-refractivity contribution is -0.118. The van der Waals surface area contributed by atoms with Crippen molar-refractivity contribution < 1.29 is 35.9 Å². The normalized spacial score (nSPS) is 15.7. The van der Waals surface area contributed by atoms with E-state index in [4.69, 9.17) is 9.47 Å². The van der Waals surface area contributed by atoms with Crippen molar-refractivity contribution >= 4 is 97.0 Å². The van der Waals surface area contributed by atoms with Gasteiger partial charge in [-0.15, -0.1) is 0 Å². The molecule has 12 nitrogen and oxygen atoms in total. The van der Waals surface area contributed by atoms with Crippen LogP contribution in [0.1, 0.15) is 11.1 Å². The Labute approximate surface area is 328 Å². The number of carbonyl (C=O) groups excluding carboxylic acids is 2. The maximum atomic E-state index is 12.3. The molecule has 2 heterocycles. The van der Waals surface area contributed by atoms with E-state index in [0.717, 1.165) is 50.2 Å². The summed E-state index contributed by atoms with van der Waals surface area (Å²) in [5.74, 6) is -0.348. The zero-order chi connectivity index (χ0) is 38.0. The number of anilines is 2. The largest absolute Gasteiger partial charge is 0.487 e. The average molecular weight is 895 g/mol. The number of hydrogen-bond acceptors (Lipinski definition) is 8. The van der Waals surface area contributed by atoms with Gasteiger partial charge < -0.3 is 9.47 Å². The molecule has 2 N–H and O–H groups in total. The van der Waals surface area contributed by atoms with Crippen LogP contribution in [0.3, 0.4) is 0 Å². The molecule has 2 aliphatic heterocycles. The molecule has 6 aromatic rings. The summed E-state index contributed by atoms with van der Waals surface area (Å²) in [6.07, 6.45) is 0. The van der Waals surface area contributed by atoms with Crippen molar-refractivity contribution in [3.63, 3.8) is 0 Å². The second-order valence-electron chi connectivity index (χ2n) is 12.2. The number of rotatable bonds is 8. The first kappa shape index (κ1) is 37.2. The number of benzene rings is 6. The molecule has 0 saturated carbocycles. The van der Waals surface area contributed by atoms with E-state index in [2.05, 4.69) is 31.9 Å². The summed E-state index contributed by atoms with van der Waals surface area (Å²) in [4.78, 5) is 23.3. The molecule has 0 unspecified atom stereocenters. The van der Waals surface area contributed by atoms with Crippen molar-refractivity contribution in [1.82, 2.24) is 9.44 Å². The SMILES string of the molecule is O=C1CN(c2cc3cc(Br)ccc3cc2OCc2ccccc2)S(=O)(=O)N1.O=C1CN(c2cc3cc(Br)ccc3cc2OCc2ccccc2)S(=O)(=O)N1. The Kier molecular flexibility index (Phi) is 10.5. The summed E-state index contributed by atoms with van der Waals surface area (Å²) in [5, 5.41) is 3.48. The van der Waals surface area contributed by atoms with Crippen LogP contribution in [0.4, 0.5) is 11.4 Å². The molecule has 0 radical (unpaired) electrons. The van der Waals surface area contributed by atoms with Crippen molar-refractivity contribution in [1.29, 1.82) is 0 Å². The molecule has 54 heavy (non-hydrogen) atoms. The van der Waals surface area contributed by atoms with E-state index >= 15 is 0 Å². The number of amides is 2. The number of ether oxygens (including phenoxy) is 2. The van der Waals surface area contributed by atoms with Crippen LogP contribution in [0.15, 0.2) is 130 Å². The Morgan fingerprint density at radius 1 is 0.519 bits per heavy atom. The van der Waals surface area contributed by atoms with Crippen molar-refractivity contribution in [2.45, 2.75) is 13.2 Å². The van der Waals surface area contributed by atoms with Crippen molar-refractivity contribution in [3.05, 3.63) is 141 Å². The van der Waals surface area contributed by atoms with Gasteiger partial charge >= 0.3 is 20.4 Å². The van der Waals surface area contributed by atoms with Crippen molar-refractivity contribution in [3.8, 4) is 11.5 Å². The monoisotopic (exact) mass is 892 g/mol. The van der Waals surface area contributed by atoms with E-state index in [1.165, 1.54) is 0 Å². The van der Waals surface area contributed by atoms with Gasteiger partial charge in [-0.2, -0.15) is 16.8 Å². The maximum Gasteiger partial charge on any atom is 0.326 e. The number of halogens is 2. The van der Waals surface area contributed by atoms with Crippen LogP contribution in [0, 0.1) is 0 Å². The fraction of sp³-hybridized carbons (Fsp3) is 0.105. The van der Waals surface area contributed by atoms with Gasteiger partial charge in [-0.1, -0.05) is 105 Å². The van der Waals surface area contributed by atoms with Gasteiger partial charge in [0.25, 0.3) is 11.8 Å². The van der Waals surface area contributed by atoms with Gasteiger partial charge in [-0.3, -0.25) is 9.59 Å². The van der Waals surface area contributed by atoms with Crippen LogP contribution >= 0.6 is 31.9 Å². The van der Waals surface area contributed by atoms with Gasteiger partial charge in [0.1, 0.15) is 37.8 Å². The molecule has 8 rings (SSSR count). The molecule has 16 heteroatoms. The Morgan fingerprint density at radius 2 is 0.907 bits per heavy atom. The minimum Gasteiger partial charge on any atom is -0.487 e. The lowest BCUT2D eigenvalue weighted by Crippen LogP contribution is -2.29. The van der Waals surface area contributed by atoms with E-state index in [9.17, 15) is 26.4 Å². The fourth-order valence-corrected chi connectivity index (χ4v) is 8.95. The van der Waals surface area contributed by atoms with E-state index in [1.54, 1.807) is 24.3 Å². The van der Waals surface area contributed by atoms with Gasteiger partial charge in [-0.25, -0.2) is 18.1 Å². The molecule has 276 valence electrons. The molecule has 0 bridgehead atoms. The molecule has 2 saturated heterocycles. The molecule has 0 aromatic heterocycles. The van der Waals surface area contributed by atoms with E-state index in [1.807, 2.05) is 107 Å². The van der Waals surface area contributed by atoms with Gasteiger partial charge in [0.05, 0.1) is 11.4 Å². The van der Waals surface area contributed by atoms with Gasteiger partial charge in [0, 0.05) is 8.95 Å². The Morgan fingerprint density at radius 3 is 1.26 bits per heavy atom. The smallest absolute Gasteiger partial charge is 0.326 e. The third-order valence-electron chi connectivity index (χ3n) is 8.41. The molecule has 6 aromatic carbocycles. The van der Waals surface area contributed by atoms with Crippen molar-refractivity contribution in [2.75, 3.05) is 21.7 Å². The minimum atomic E-state index is -3.93. The average Bonchev–Trinajstić information content (AvgIpc) is 3.59. The van der Waals surface area contributed by atoms with Crippen LogP contribution in [0.2, 0.25) is 0 Å². The zero-order valence-electron chi connectivity index (χ0n) is 28.1. The Balaban J connectivity index is 0.000000167. The predicted molar refractivity (Wildman–Crippen MR) is 214 cm³/mol. The third kappa shape index (κ3) is 8.31. The lowest BCUT2D eigenvalue weighted by atomic mass is 10.1. The van der Waals surface area contributed by atoms with E-state index in [-0.39, 0.29) is 26.3 Å². The summed E-state index contributed by atoms with van der Waals surface area (Å²) in [6, 6.07) is 37.6. The number of nitrogens with zero attached hydrogens (tertiary/aromatic N) is 2. The van der Waals surface area contributed by atoms with Crippen LogP contribution in [-0.2, 0) is 43.2 Å². The topological polar surface area (TPSA) is 151 Å². The third-order valence-corrected chi connectivity index (χ3v) is 12.2. The molecule has 0 spiro atoms. The molecule has 0 atom stereocenters. The standard InChI is InChI=1S/2C19H15BrN2O4S/c2*20-16-7-6-14-10-18(26-12-13-4-2-1-3-5-13)17(9-15(14)8-16)22-11-19(23)21-27(22,24)25/h2*1-10H,11-12H2,(H,21,23). The van der Waals surface area contributed by atoms with Crippen LogP contribution < -0.4 is 27.5 Å². The maximum absolute atomic E-state index is 12.3. The van der Waals surface area contributed by atoms with Crippen LogP contribution in [0.5, 0.6) is 11.5 Å². The highest BCUT2D eigenvalue weighted by Gasteiger charge is 2.37. The first-order valence-corrected chi connectivity index (χ1v) is 20.8. The summed E-state index contributed by atoms with van der Waals surface area (Å²) < 4.78 is 69.0. The van der Waals surface area contributed by atoms with Gasteiger partial charge in [0.15, 0.2) is 0 Å². The van der Waals surface area contributed by atoms with E-state index in [0.29, 0.717) is 22.9 Å². The first-order valence-electron chi connectivity index (χ1n) is 16.3. The van der Waals surface area contributed by atoms with Crippen molar-refractivity contribution in [2.24, 2.45) is 0 Å². The Hall–Kier alpha value is -5.16. The fourth-order valence-electron chi connectivity index (χ4n) is 5.89. The van der Waals surface area contributed by atoms with Crippen LogP contribution in [-0.4, -0.2) is 41.7 Å². The summed E-state index contributed by atoms with van der Waals surface area (Å²) in [6.45, 7) is 0.0172. The zero-order valence-corrected chi connectivity index (χ0v) is 32.9. The highest BCUT2D eigenvalue weighted by Crippen LogP contribution is 2.38. The second kappa shape index (κ2) is 15.3. The number of nitrogens with one attached hydrogen (secondary N) is 2. The van der Waals surface area contributed by atoms with E-state index < -0.39 is 32.2 Å². The van der Waals surface area contributed by atoms with Gasteiger partial charge in [-0.05, 0) is 81.2 Å². The predicted octanol–water partition coefficient (Wildman–Crippen LogP) is 6.72. The number of fused-ring (bicyclic) bond motifs is 2. The minimum absolute atomic E-state index is 0.274. The summed E-state index contributed by atoms with van der Waals surface area (Å²) in [5.41, 5.74) is 2.57. The molecule has 2 aliphatic rings. The number of carbonyl (C=O) groups is 2. The highest BCUT2D eigenvalue weighted by atomic mass is 79.9. The molecule has 0 aliphatic carbocycles. The summed E-state index contributed by atoms with van der Waals surface area (Å²) in [7, 11) is -7.86. The quantitative estimate of drug-likeness (QED) is 0.171. The molecule has 2 fully saturated rings. The first-order chi connectivity index (χ1) is 25.8. The summed E-state index contributed by atoms with van der Waals surface area (Å²) >= 11 is 6.85. The van der Waals surface area contributed by atoms with Crippen LogP contribution in [0.25, 0.3) is 21.5 Å². The second-order valence-corrected chi connectivity index (χ2v) is 17.3. The molecule has 2 amide bonds. The molecular formula is C38H30Br2N4O8S2. The number of hydrogen-bond donors (Lipinski definition) is 2. The van der Waals surface area contributed by atoms with Gasteiger partial charge in [0.2, 0.25) is 0 Å². The Bertz CT molecular complexity index is 2450. The lowest BCUT2D eigenvalue weighted by Gasteiger charge is -2.20. The highest BCUT2D eigenvalue weighted by molar-refractivity contribution is 9.10.